The van der Waals surface area contributed by atoms with E-state index in [9.17, 15) is 18.0 Å². The molecular weight excluding hydrogens is 243 g/mol. The summed E-state index contributed by atoms with van der Waals surface area (Å²) in [6, 6.07) is 1.26. The summed E-state index contributed by atoms with van der Waals surface area (Å²) < 4.78 is 38.1. The van der Waals surface area contributed by atoms with Crippen molar-refractivity contribution in [2.75, 3.05) is 6.54 Å². The standard InChI is InChI=1S/C10H9ClF3NO/c1-5(11)4-15-10(16)6-2-7(12)9(14)8(13)3-6/h2-3,5H,4H2,1H3,(H,15,16). The van der Waals surface area contributed by atoms with Gasteiger partial charge in [0.1, 0.15) is 0 Å². The normalized spacial score (nSPS) is 12.3. The molecule has 2 nitrogen and oxygen atoms in total. The molecule has 1 unspecified atom stereocenters. The van der Waals surface area contributed by atoms with Crippen molar-refractivity contribution < 1.29 is 18.0 Å². The summed E-state index contributed by atoms with van der Waals surface area (Å²) in [5.74, 6) is -5.10. The second kappa shape index (κ2) is 5.21. The quantitative estimate of drug-likeness (QED) is 0.649. The van der Waals surface area contributed by atoms with Crippen LogP contribution in [-0.2, 0) is 0 Å². The lowest BCUT2D eigenvalue weighted by atomic mass is 10.2. The molecule has 0 spiro atoms. The largest absolute Gasteiger partial charge is 0.351 e. The minimum Gasteiger partial charge on any atom is -0.351 e. The molecule has 0 aromatic heterocycles. The van der Waals surface area contributed by atoms with Gasteiger partial charge in [-0.2, -0.15) is 0 Å². The average Bonchev–Trinajstić information content (AvgIpc) is 2.21. The zero-order chi connectivity index (χ0) is 12.3. The molecule has 1 aromatic rings. The Morgan fingerprint density at radius 3 is 2.31 bits per heavy atom. The van der Waals surface area contributed by atoms with Crippen LogP contribution in [-0.4, -0.2) is 17.8 Å². The molecule has 0 heterocycles. The third-order valence-electron chi connectivity index (χ3n) is 1.79. The maximum atomic E-state index is 12.8. The summed E-state index contributed by atoms with van der Waals surface area (Å²) in [7, 11) is 0. The van der Waals surface area contributed by atoms with Crippen LogP contribution >= 0.6 is 11.6 Å². The lowest BCUT2D eigenvalue weighted by Gasteiger charge is -2.07. The van der Waals surface area contributed by atoms with Gasteiger partial charge in [-0.05, 0) is 19.1 Å². The Morgan fingerprint density at radius 1 is 1.38 bits per heavy atom. The van der Waals surface area contributed by atoms with Gasteiger partial charge in [-0.25, -0.2) is 13.2 Å². The molecule has 1 rings (SSSR count). The van der Waals surface area contributed by atoms with Crippen LogP contribution in [0.15, 0.2) is 12.1 Å². The van der Waals surface area contributed by atoms with Gasteiger partial charge in [0.15, 0.2) is 17.5 Å². The second-order valence-electron chi connectivity index (χ2n) is 3.24. The minimum absolute atomic E-state index is 0.154. The molecule has 0 aliphatic rings. The minimum atomic E-state index is -1.60. The molecule has 1 atom stereocenters. The van der Waals surface area contributed by atoms with Crippen molar-refractivity contribution in [3.05, 3.63) is 35.1 Å². The molecule has 88 valence electrons. The molecule has 6 heteroatoms. The van der Waals surface area contributed by atoms with Gasteiger partial charge in [0.05, 0.1) is 0 Å². The summed E-state index contributed by atoms with van der Waals surface area (Å²) in [4.78, 5) is 11.3. The third-order valence-corrected chi connectivity index (χ3v) is 1.94. The molecule has 0 aliphatic heterocycles. The van der Waals surface area contributed by atoms with E-state index < -0.39 is 23.4 Å². The molecular formula is C10H9ClF3NO. The highest BCUT2D eigenvalue weighted by atomic mass is 35.5. The Bertz CT molecular complexity index is 386. The lowest BCUT2D eigenvalue weighted by molar-refractivity contribution is 0.0952. The number of amides is 1. The zero-order valence-corrected chi connectivity index (χ0v) is 9.12. The van der Waals surface area contributed by atoms with Crippen molar-refractivity contribution in [3.8, 4) is 0 Å². The van der Waals surface area contributed by atoms with Crippen molar-refractivity contribution in [2.45, 2.75) is 12.3 Å². The van der Waals surface area contributed by atoms with Gasteiger partial charge in [-0.3, -0.25) is 4.79 Å². The van der Waals surface area contributed by atoms with E-state index in [2.05, 4.69) is 5.32 Å². The SMILES string of the molecule is CC(Cl)CNC(=O)c1cc(F)c(F)c(F)c1. The highest BCUT2D eigenvalue weighted by Gasteiger charge is 2.14. The fourth-order valence-corrected chi connectivity index (χ4v) is 1.10. The summed E-state index contributed by atoms with van der Waals surface area (Å²) in [5, 5.41) is 2.04. The monoisotopic (exact) mass is 251 g/mol. The van der Waals surface area contributed by atoms with Crippen molar-refractivity contribution >= 4 is 17.5 Å². The smallest absolute Gasteiger partial charge is 0.251 e. The van der Waals surface area contributed by atoms with Crippen molar-refractivity contribution in [3.63, 3.8) is 0 Å². The zero-order valence-electron chi connectivity index (χ0n) is 8.36. The number of nitrogens with one attached hydrogen (secondary N) is 1. The third kappa shape index (κ3) is 3.13. The fraction of sp³-hybridized carbons (Fsp3) is 0.300. The van der Waals surface area contributed by atoms with Gasteiger partial charge in [0.2, 0.25) is 0 Å². The Balaban J connectivity index is 2.84. The van der Waals surface area contributed by atoms with Gasteiger partial charge in [-0.1, -0.05) is 0 Å². The molecule has 16 heavy (non-hydrogen) atoms. The molecule has 0 saturated carbocycles. The fourth-order valence-electron chi connectivity index (χ4n) is 1.02. The number of benzene rings is 1. The Labute approximate surface area is 95.4 Å². The molecule has 0 saturated heterocycles. The lowest BCUT2D eigenvalue weighted by Crippen LogP contribution is -2.28. The van der Waals surface area contributed by atoms with E-state index in [-0.39, 0.29) is 17.5 Å². The van der Waals surface area contributed by atoms with E-state index in [0.717, 1.165) is 0 Å². The van der Waals surface area contributed by atoms with E-state index >= 15 is 0 Å². The molecule has 0 bridgehead atoms. The van der Waals surface area contributed by atoms with Gasteiger partial charge in [0, 0.05) is 17.5 Å². The molecule has 0 radical (unpaired) electrons. The van der Waals surface area contributed by atoms with Crippen LogP contribution in [0.4, 0.5) is 13.2 Å². The van der Waals surface area contributed by atoms with Crippen LogP contribution in [0.5, 0.6) is 0 Å². The maximum absolute atomic E-state index is 12.8. The molecule has 1 aromatic carbocycles. The molecule has 1 amide bonds. The number of alkyl halides is 1. The predicted octanol–water partition coefficient (Wildman–Crippen LogP) is 2.46. The Morgan fingerprint density at radius 2 is 1.88 bits per heavy atom. The van der Waals surface area contributed by atoms with Crippen LogP contribution in [0.1, 0.15) is 17.3 Å². The van der Waals surface area contributed by atoms with Crippen LogP contribution < -0.4 is 5.32 Å². The van der Waals surface area contributed by atoms with Gasteiger partial charge in [-0.15, -0.1) is 11.6 Å². The second-order valence-corrected chi connectivity index (χ2v) is 3.99. The van der Waals surface area contributed by atoms with Crippen LogP contribution in [0.25, 0.3) is 0 Å². The first kappa shape index (κ1) is 12.8. The average molecular weight is 252 g/mol. The molecule has 0 fully saturated rings. The summed E-state index contributed by atoms with van der Waals surface area (Å²) in [5.41, 5.74) is -0.284. The predicted molar refractivity (Wildman–Crippen MR) is 54.0 cm³/mol. The van der Waals surface area contributed by atoms with Crippen molar-refractivity contribution in [1.29, 1.82) is 0 Å². The number of hydrogen-bond acceptors (Lipinski definition) is 1. The van der Waals surface area contributed by atoms with Crippen LogP contribution in [0.3, 0.4) is 0 Å². The summed E-state index contributed by atoms with van der Waals surface area (Å²) >= 11 is 5.57. The van der Waals surface area contributed by atoms with Crippen LogP contribution in [0.2, 0.25) is 0 Å². The number of hydrogen-bond donors (Lipinski definition) is 1. The van der Waals surface area contributed by atoms with Crippen molar-refractivity contribution in [2.24, 2.45) is 0 Å². The van der Waals surface area contributed by atoms with E-state index in [4.69, 9.17) is 11.6 Å². The van der Waals surface area contributed by atoms with Gasteiger partial charge in [0.25, 0.3) is 5.91 Å². The van der Waals surface area contributed by atoms with E-state index in [1.54, 1.807) is 6.92 Å². The number of halogens is 4. The maximum Gasteiger partial charge on any atom is 0.251 e. The highest BCUT2D eigenvalue weighted by Crippen LogP contribution is 2.13. The number of carbonyl (C=O) groups excluding carboxylic acids is 1. The summed E-state index contributed by atoms with van der Waals surface area (Å²) in [6.45, 7) is 1.80. The molecule has 0 aliphatic carbocycles. The number of carbonyl (C=O) groups is 1. The van der Waals surface area contributed by atoms with Gasteiger partial charge < -0.3 is 5.32 Å². The summed E-state index contributed by atoms with van der Waals surface area (Å²) in [6.07, 6.45) is 0. The Kier molecular flexibility index (Phi) is 4.18. The van der Waals surface area contributed by atoms with Gasteiger partial charge >= 0.3 is 0 Å². The van der Waals surface area contributed by atoms with Crippen LogP contribution in [0, 0.1) is 17.5 Å². The van der Waals surface area contributed by atoms with Crippen molar-refractivity contribution in [1.82, 2.24) is 5.32 Å². The van der Waals surface area contributed by atoms with E-state index in [1.165, 1.54) is 0 Å². The first-order valence-corrected chi connectivity index (χ1v) is 4.92. The van der Waals surface area contributed by atoms with E-state index in [0.29, 0.717) is 12.1 Å². The van der Waals surface area contributed by atoms with E-state index in [1.807, 2.05) is 0 Å². The Hall–Kier alpha value is -1.23. The first-order chi connectivity index (χ1) is 7.41. The first-order valence-electron chi connectivity index (χ1n) is 4.48. The topological polar surface area (TPSA) is 29.1 Å². The number of rotatable bonds is 3. The molecule has 1 N–H and O–H groups in total. The highest BCUT2D eigenvalue weighted by molar-refractivity contribution is 6.20.